The van der Waals surface area contributed by atoms with Gasteiger partial charge < -0.3 is 16.2 Å². The Hall–Kier alpha value is -2.27. The number of hydrogen-bond acceptors (Lipinski definition) is 4. The third kappa shape index (κ3) is 2.52. The van der Waals surface area contributed by atoms with Crippen molar-refractivity contribution in [2.24, 2.45) is 0 Å². The fourth-order valence-corrected chi connectivity index (χ4v) is 1.63. The lowest BCUT2D eigenvalue weighted by atomic mass is 10.2. The van der Waals surface area contributed by atoms with Gasteiger partial charge in [0.2, 0.25) is 0 Å². The van der Waals surface area contributed by atoms with E-state index in [0.29, 0.717) is 22.2 Å². The van der Waals surface area contributed by atoms with Gasteiger partial charge in [-0.2, -0.15) is 0 Å². The minimum Gasteiger partial charge on any atom is -0.478 e. The molecule has 0 amide bonds. The summed E-state index contributed by atoms with van der Waals surface area (Å²) in [4.78, 5) is 15.1. The highest BCUT2D eigenvalue weighted by molar-refractivity contribution is 6.30. The summed E-state index contributed by atoms with van der Waals surface area (Å²) in [6, 6.07) is 8.05. The SMILES string of the molecule is Nc1cc(Cl)cnc1Nc1ccccc1C(=O)O. The molecule has 0 spiro atoms. The first-order valence-corrected chi connectivity index (χ1v) is 5.46. The number of nitrogens with two attached hydrogens (primary N) is 1. The second kappa shape index (κ2) is 4.93. The van der Waals surface area contributed by atoms with Gasteiger partial charge in [0.1, 0.15) is 0 Å². The van der Waals surface area contributed by atoms with Crippen LogP contribution in [0.5, 0.6) is 0 Å². The summed E-state index contributed by atoms with van der Waals surface area (Å²) < 4.78 is 0. The second-order valence-electron chi connectivity index (χ2n) is 3.57. The van der Waals surface area contributed by atoms with Crippen LogP contribution in [0.4, 0.5) is 17.2 Å². The molecule has 6 heteroatoms. The fraction of sp³-hybridized carbons (Fsp3) is 0. The van der Waals surface area contributed by atoms with Crippen LogP contribution in [-0.2, 0) is 0 Å². The van der Waals surface area contributed by atoms with E-state index in [4.69, 9.17) is 22.4 Å². The number of carboxylic acid groups (broad SMARTS) is 1. The van der Waals surface area contributed by atoms with Crippen LogP contribution >= 0.6 is 11.6 Å². The molecule has 1 heterocycles. The molecular formula is C12H10ClN3O2. The van der Waals surface area contributed by atoms with Crippen molar-refractivity contribution >= 4 is 34.8 Å². The van der Waals surface area contributed by atoms with E-state index in [-0.39, 0.29) is 5.56 Å². The van der Waals surface area contributed by atoms with Crippen molar-refractivity contribution in [3.63, 3.8) is 0 Å². The largest absolute Gasteiger partial charge is 0.478 e. The Morgan fingerprint density at radius 3 is 2.78 bits per heavy atom. The second-order valence-corrected chi connectivity index (χ2v) is 4.00. The number of rotatable bonds is 3. The predicted molar refractivity (Wildman–Crippen MR) is 70.3 cm³/mol. The number of nitrogens with one attached hydrogen (secondary N) is 1. The molecule has 2 rings (SSSR count). The van der Waals surface area contributed by atoms with E-state index in [9.17, 15) is 4.79 Å². The van der Waals surface area contributed by atoms with Crippen molar-refractivity contribution < 1.29 is 9.90 Å². The van der Waals surface area contributed by atoms with E-state index in [0.717, 1.165) is 0 Å². The normalized spacial score (nSPS) is 10.1. The van der Waals surface area contributed by atoms with Crippen LogP contribution in [0.3, 0.4) is 0 Å². The fourth-order valence-electron chi connectivity index (χ4n) is 1.47. The standard InChI is InChI=1S/C12H10ClN3O2/c13-7-5-9(14)11(15-6-7)16-10-4-2-1-3-8(10)12(17)18/h1-6H,14H2,(H,15,16)(H,17,18). The summed E-state index contributed by atoms with van der Waals surface area (Å²) >= 11 is 5.74. The van der Waals surface area contributed by atoms with Crippen molar-refractivity contribution in [2.45, 2.75) is 0 Å². The van der Waals surface area contributed by atoms with Gasteiger partial charge in [0.15, 0.2) is 5.82 Å². The summed E-state index contributed by atoms with van der Waals surface area (Å²) in [5.74, 6) is -0.654. The number of halogens is 1. The van der Waals surface area contributed by atoms with E-state index >= 15 is 0 Å². The van der Waals surface area contributed by atoms with E-state index in [1.165, 1.54) is 12.3 Å². The zero-order valence-corrected chi connectivity index (χ0v) is 9.98. The van der Waals surface area contributed by atoms with Crippen molar-refractivity contribution in [1.82, 2.24) is 4.98 Å². The van der Waals surface area contributed by atoms with E-state index in [1.807, 2.05) is 0 Å². The summed E-state index contributed by atoms with van der Waals surface area (Å²) in [5, 5.41) is 12.3. The number of hydrogen-bond donors (Lipinski definition) is 3. The van der Waals surface area contributed by atoms with Crippen LogP contribution < -0.4 is 11.1 Å². The lowest BCUT2D eigenvalue weighted by Crippen LogP contribution is -2.05. The number of carbonyl (C=O) groups is 1. The molecule has 0 radical (unpaired) electrons. The molecular weight excluding hydrogens is 254 g/mol. The van der Waals surface area contributed by atoms with Gasteiger partial charge in [-0.05, 0) is 18.2 Å². The smallest absolute Gasteiger partial charge is 0.337 e. The predicted octanol–water partition coefficient (Wildman–Crippen LogP) is 2.76. The zero-order valence-electron chi connectivity index (χ0n) is 9.22. The Morgan fingerprint density at radius 1 is 1.39 bits per heavy atom. The van der Waals surface area contributed by atoms with Gasteiger partial charge in [-0.15, -0.1) is 0 Å². The van der Waals surface area contributed by atoms with Crippen molar-refractivity contribution in [2.75, 3.05) is 11.1 Å². The maximum Gasteiger partial charge on any atom is 0.337 e. The Morgan fingerprint density at radius 2 is 2.11 bits per heavy atom. The van der Waals surface area contributed by atoms with Crippen LogP contribution in [0.25, 0.3) is 0 Å². The molecule has 18 heavy (non-hydrogen) atoms. The molecule has 1 aromatic carbocycles. The molecule has 1 aromatic heterocycles. The summed E-state index contributed by atoms with van der Waals surface area (Å²) in [7, 11) is 0. The summed E-state index contributed by atoms with van der Waals surface area (Å²) in [6.45, 7) is 0. The molecule has 0 saturated heterocycles. The minimum atomic E-state index is -1.02. The Kier molecular flexibility index (Phi) is 3.34. The molecule has 0 aliphatic heterocycles. The Bertz CT molecular complexity index is 602. The molecule has 4 N–H and O–H groups in total. The van der Waals surface area contributed by atoms with Gasteiger partial charge in [-0.1, -0.05) is 23.7 Å². The summed E-state index contributed by atoms with van der Waals surface area (Å²) in [6.07, 6.45) is 1.43. The lowest BCUT2D eigenvalue weighted by Gasteiger charge is -2.10. The number of benzene rings is 1. The first-order chi connectivity index (χ1) is 8.58. The maximum absolute atomic E-state index is 11.0. The molecule has 5 nitrogen and oxygen atoms in total. The van der Waals surface area contributed by atoms with Gasteiger partial charge in [0, 0.05) is 6.20 Å². The van der Waals surface area contributed by atoms with E-state index < -0.39 is 5.97 Å². The number of nitrogen functional groups attached to an aromatic ring is 1. The van der Waals surface area contributed by atoms with Crippen molar-refractivity contribution in [3.05, 3.63) is 47.1 Å². The molecule has 0 fully saturated rings. The molecule has 0 atom stereocenters. The van der Waals surface area contributed by atoms with Crippen molar-refractivity contribution in [1.29, 1.82) is 0 Å². The third-order valence-electron chi connectivity index (χ3n) is 2.29. The quantitative estimate of drug-likeness (QED) is 0.792. The highest BCUT2D eigenvalue weighted by Crippen LogP contribution is 2.25. The highest BCUT2D eigenvalue weighted by Gasteiger charge is 2.10. The van der Waals surface area contributed by atoms with Crippen LogP contribution in [0.15, 0.2) is 36.5 Å². The van der Waals surface area contributed by atoms with Crippen LogP contribution in [0, 0.1) is 0 Å². The van der Waals surface area contributed by atoms with Gasteiger partial charge in [-0.25, -0.2) is 9.78 Å². The third-order valence-corrected chi connectivity index (χ3v) is 2.50. The Balaban J connectivity index is 2.37. The zero-order chi connectivity index (χ0) is 13.1. The van der Waals surface area contributed by atoms with Gasteiger partial charge in [-0.3, -0.25) is 0 Å². The van der Waals surface area contributed by atoms with E-state index in [1.54, 1.807) is 24.3 Å². The number of anilines is 3. The number of nitrogens with zero attached hydrogens (tertiary/aromatic N) is 1. The molecule has 0 bridgehead atoms. The number of carboxylic acids is 1. The molecule has 0 aliphatic carbocycles. The summed E-state index contributed by atoms with van der Waals surface area (Å²) in [5.41, 5.74) is 6.66. The molecule has 92 valence electrons. The van der Waals surface area contributed by atoms with Gasteiger partial charge in [0.25, 0.3) is 0 Å². The monoisotopic (exact) mass is 263 g/mol. The lowest BCUT2D eigenvalue weighted by molar-refractivity contribution is 0.0698. The Labute approximate surface area is 108 Å². The molecule has 0 aliphatic rings. The topological polar surface area (TPSA) is 88.2 Å². The van der Waals surface area contributed by atoms with Gasteiger partial charge >= 0.3 is 5.97 Å². The average molecular weight is 264 g/mol. The highest BCUT2D eigenvalue weighted by atomic mass is 35.5. The maximum atomic E-state index is 11.0. The minimum absolute atomic E-state index is 0.147. The average Bonchev–Trinajstić information content (AvgIpc) is 2.33. The number of para-hydroxylation sites is 1. The first-order valence-electron chi connectivity index (χ1n) is 5.08. The first kappa shape index (κ1) is 12.2. The molecule has 0 saturated carbocycles. The number of aromatic nitrogens is 1. The van der Waals surface area contributed by atoms with Crippen molar-refractivity contribution in [3.8, 4) is 0 Å². The van der Waals surface area contributed by atoms with Crippen LogP contribution in [-0.4, -0.2) is 16.1 Å². The van der Waals surface area contributed by atoms with Gasteiger partial charge in [0.05, 0.1) is 22.0 Å². The molecule has 2 aromatic rings. The number of aromatic carboxylic acids is 1. The van der Waals surface area contributed by atoms with Crippen LogP contribution in [0.2, 0.25) is 5.02 Å². The number of pyridine rings is 1. The molecule has 0 unspecified atom stereocenters. The van der Waals surface area contributed by atoms with Crippen LogP contribution in [0.1, 0.15) is 10.4 Å². The van der Waals surface area contributed by atoms with E-state index in [2.05, 4.69) is 10.3 Å².